The molecule has 0 spiro atoms. The Kier molecular flexibility index (Phi) is 5.20. The Balaban J connectivity index is 2.22. The van der Waals surface area contributed by atoms with Crippen LogP contribution >= 0.6 is 0 Å². The fourth-order valence-electron chi connectivity index (χ4n) is 2.59. The number of rotatable bonds is 6. The van der Waals surface area contributed by atoms with Gasteiger partial charge in [0, 0.05) is 11.7 Å². The van der Waals surface area contributed by atoms with E-state index in [9.17, 15) is 4.79 Å². The average Bonchev–Trinajstić information content (AvgIpc) is 2.96. The van der Waals surface area contributed by atoms with Gasteiger partial charge in [0.1, 0.15) is 5.69 Å². The van der Waals surface area contributed by atoms with Gasteiger partial charge in [0.15, 0.2) is 0 Å². The Morgan fingerprint density at radius 3 is 2.48 bits per heavy atom. The predicted octanol–water partition coefficient (Wildman–Crippen LogP) is 4.03. The van der Waals surface area contributed by atoms with Gasteiger partial charge in [-0.25, -0.2) is 4.79 Å². The third-order valence-electron chi connectivity index (χ3n) is 3.94. The van der Waals surface area contributed by atoms with Crippen LogP contribution in [-0.2, 0) is 17.6 Å². The van der Waals surface area contributed by atoms with Gasteiger partial charge in [0.05, 0.1) is 7.11 Å². The summed E-state index contributed by atoms with van der Waals surface area (Å²) in [5.41, 5.74) is 3.15. The molecule has 0 saturated heterocycles. The van der Waals surface area contributed by atoms with E-state index in [0.717, 1.165) is 19.3 Å². The maximum atomic E-state index is 11.9. The Hall–Kier alpha value is -2.03. The van der Waals surface area contributed by atoms with E-state index in [1.165, 1.54) is 18.4 Å². The quantitative estimate of drug-likeness (QED) is 0.750. The van der Waals surface area contributed by atoms with Crippen LogP contribution in [-0.4, -0.2) is 17.6 Å². The fourth-order valence-corrected chi connectivity index (χ4v) is 2.59. The van der Waals surface area contributed by atoms with Gasteiger partial charge >= 0.3 is 5.97 Å². The monoisotopic (exact) mass is 285 g/mol. The first kappa shape index (κ1) is 15.4. The van der Waals surface area contributed by atoms with E-state index in [1.54, 1.807) is 0 Å². The van der Waals surface area contributed by atoms with Gasteiger partial charge in [-0.3, -0.25) is 0 Å². The Morgan fingerprint density at radius 1 is 1.14 bits per heavy atom. The summed E-state index contributed by atoms with van der Waals surface area (Å²) in [4.78, 5) is 11.9. The molecule has 0 N–H and O–H groups in total. The molecule has 0 fully saturated rings. The molecular weight excluding hydrogens is 262 g/mol. The molecule has 0 aliphatic rings. The molecule has 0 saturated carbocycles. The van der Waals surface area contributed by atoms with Crippen LogP contribution in [0.2, 0.25) is 0 Å². The number of methoxy groups -OCH3 is 1. The van der Waals surface area contributed by atoms with Crippen molar-refractivity contribution in [2.45, 2.75) is 39.2 Å². The third-order valence-corrected chi connectivity index (χ3v) is 3.94. The molecule has 1 heterocycles. The van der Waals surface area contributed by atoms with Gasteiger partial charge < -0.3 is 9.30 Å². The highest BCUT2D eigenvalue weighted by Gasteiger charge is 2.18. The van der Waals surface area contributed by atoms with Crippen LogP contribution in [0.5, 0.6) is 0 Å². The van der Waals surface area contributed by atoms with E-state index in [4.69, 9.17) is 4.74 Å². The molecule has 3 nitrogen and oxygen atoms in total. The summed E-state index contributed by atoms with van der Waals surface area (Å²) < 4.78 is 7.01. The van der Waals surface area contributed by atoms with Gasteiger partial charge in [-0.1, -0.05) is 37.3 Å². The lowest BCUT2D eigenvalue weighted by atomic mass is 10.1. The molecule has 0 amide bonds. The summed E-state index contributed by atoms with van der Waals surface area (Å²) in [6, 6.07) is 14.6. The van der Waals surface area contributed by atoms with Crippen LogP contribution in [0.15, 0.2) is 42.5 Å². The van der Waals surface area contributed by atoms with E-state index < -0.39 is 0 Å². The highest BCUT2D eigenvalue weighted by atomic mass is 16.5. The molecule has 3 heteroatoms. The maximum absolute atomic E-state index is 11.9. The summed E-state index contributed by atoms with van der Waals surface area (Å²) in [6.07, 6.45) is 2.88. The second kappa shape index (κ2) is 7.11. The zero-order chi connectivity index (χ0) is 15.2. The molecule has 1 atom stereocenters. The van der Waals surface area contributed by atoms with Crippen LogP contribution < -0.4 is 0 Å². The normalized spacial score (nSPS) is 12.1. The van der Waals surface area contributed by atoms with Crippen molar-refractivity contribution in [1.29, 1.82) is 0 Å². The van der Waals surface area contributed by atoms with Crippen molar-refractivity contribution in [3.05, 3.63) is 59.4 Å². The van der Waals surface area contributed by atoms with Gasteiger partial charge in [0.25, 0.3) is 0 Å². The Labute approximate surface area is 126 Å². The number of aryl methyl sites for hydroxylation is 2. The number of esters is 1. The topological polar surface area (TPSA) is 31.2 Å². The number of nitrogens with zero attached hydrogens (tertiary/aromatic N) is 1. The lowest BCUT2D eigenvalue weighted by Gasteiger charge is -2.18. The number of ether oxygens (including phenoxy) is 1. The molecule has 112 valence electrons. The van der Waals surface area contributed by atoms with Crippen molar-refractivity contribution in [2.24, 2.45) is 0 Å². The largest absolute Gasteiger partial charge is 0.464 e. The van der Waals surface area contributed by atoms with Crippen LogP contribution in [0.25, 0.3) is 0 Å². The molecule has 1 unspecified atom stereocenters. The summed E-state index contributed by atoms with van der Waals surface area (Å²) in [7, 11) is 1.43. The lowest BCUT2D eigenvalue weighted by Crippen LogP contribution is -2.16. The molecule has 1 aromatic heterocycles. The number of hydrogen-bond acceptors (Lipinski definition) is 2. The summed E-state index contributed by atoms with van der Waals surface area (Å²) in [6.45, 7) is 4.27. The Bertz CT molecular complexity index is 587. The van der Waals surface area contributed by atoms with Crippen molar-refractivity contribution >= 4 is 5.97 Å². The Morgan fingerprint density at radius 2 is 1.86 bits per heavy atom. The van der Waals surface area contributed by atoms with E-state index in [-0.39, 0.29) is 5.97 Å². The molecule has 0 radical (unpaired) electrons. The van der Waals surface area contributed by atoms with Crippen molar-refractivity contribution in [3.63, 3.8) is 0 Å². The fraction of sp³-hybridized carbons (Fsp3) is 0.389. The average molecular weight is 285 g/mol. The van der Waals surface area contributed by atoms with Gasteiger partial charge in [-0.15, -0.1) is 0 Å². The number of carbonyl (C=O) groups is 1. The minimum Gasteiger partial charge on any atom is -0.464 e. The van der Waals surface area contributed by atoms with E-state index in [2.05, 4.69) is 42.7 Å². The molecule has 0 aliphatic carbocycles. The zero-order valence-electron chi connectivity index (χ0n) is 13.0. The summed E-state index contributed by atoms with van der Waals surface area (Å²) >= 11 is 0. The van der Waals surface area contributed by atoms with E-state index >= 15 is 0 Å². The first-order valence-corrected chi connectivity index (χ1v) is 7.49. The first-order chi connectivity index (χ1) is 10.2. The lowest BCUT2D eigenvalue weighted by molar-refractivity contribution is 0.0585. The smallest absolute Gasteiger partial charge is 0.354 e. The number of hydrogen-bond donors (Lipinski definition) is 0. The second-order valence-corrected chi connectivity index (χ2v) is 5.31. The van der Waals surface area contributed by atoms with Crippen molar-refractivity contribution in [3.8, 4) is 0 Å². The van der Waals surface area contributed by atoms with Crippen molar-refractivity contribution in [2.75, 3.05) is 7.11 Å². The standard InChI is InChI=1S/C18H23NO2/c1-4-14(2)19-16(12-13-17(19)18(20)21-3)11-10-15-8-6-5-7-9-15/h5-9,12-14H,4,10-11H2,1-3H3. The second-order valence-electron chi connectivity index (χ2n) is 5.31. The van der Waals surface area contributed by atoms with Crippen LogP contribution in [0.4, 0.5) is 0 Å². The van der Waals surface area contributed by atoms with Gasteiger partial charge in [-0.05, 0) is 43.9 Å². The number of aromatic nitrogens is 1. The predicted molar refractivity (Wildman–Crippen MR) is 84.6 cm³/mol. The third kappa shape index (κ3) is 3.54. The van der Waals surface area contributed by atoms with E-state index in [0.29, 0.717) is 11.7 Å². The molecule has 0 aliphatic heterocycles. The highest BCUT2D eigenvalue weighted by Crippen LogP contribution is 2.21. The maximum Gasteiger partial charge on any atom is 0.354 e. The minimum absolute atomic E-state index is 0.263. The zero-order valence-corrected chi connectivity index (χ0v) is 13.0. The minimum atomic E-state index is -0.263. The van der Waals surface area contributed by atoms with Crippen LogP contribution in [0.3, 0.4) is 0 Å². The van der Waals surface area contributed by atoms with Crippen LogP contribution in [0, 0.1) is 0 Å². The van der Waals surface area contributed by atoms with Crippen molar-refractivity contribution < 1.29 is 9.53 Å². The molecule has 0 bridgehead atoms. The van der Waals surface area contributed by atoms with Gasteiger partial charge in [-0.2, -0.15) is 0 Å². The van der Waals surface area contributed by atoms with Crippen LogP contribution in [0.1, 0.15) is 48.1 Å². The molecular formula is C18H23NO2. The SMILES string of the molecule is CCC(C)n1c(CCc2ccccc2)ccc1C(=O)OC. The van der Waals surface area contributed by atoms with Crippen molar-refractivity contribution in [1.82, 2.24) is 4.57 Å². The number of carbonyl (C=O) groups excluding carboxylic acids is 1. The molecule has 2 rings (SSSR count). The molecule has 1 aromatic carbocycles. The van der Waals surface area contributed by atoms with Gasteiger partial charge in [0.2, 0.25) is 0 Å². The molecule has 21 heavy (non-hydrogen) atoms. The molecule has 2 aromatic rings. The van der Waals surface area contributed by atoms with E-state index in [1.807, 2.05) is 18.2 Å². The summed E-state index contributed by atoms with van der Waals surface area (Å²) in [5, 5.41) is 0. The number of benzene rings is 1. The first-order valence-electron chi connectivity index (χ1n) is 7.49. The highest BCUT2D eigenvalue weighted by molar-refractivity contribution is 5.87. The summed E-state index contributed by atoms with van der Waals surface area (Å²) in [5.74, 6) is -0.263.